The largest absolute Gasteiger partial charge is 0.381 e. The van der Waals surface area contributed by atoms with Crippen LogP contribution in [0.25, 0.3) is 21.9 Å². The number of hydrogen-bond donors (Lipinski definition) is 1. The molecule has 1 aliphatic rings. The molecule has 0 unspecified atom stereocenters. The van der Waals surface area contributed by atoms with Crippen molar-refractivity contribution in [2.75, 3.05) is 13.2 Å². The summed E-state index contributed by atoms with van der Waals surface area (Å²) in [5.41, 5.74) is 3.81. The van der Waals surface area contributed by atoms with Crippen LogP contribution in [0, 0.1) is 5.92 Å². The van der Waals surface area contributed by atoms with Crippen molar-refractivity contribution in [1.82, 2.24) is 14.5 Å². The Hall–Kier alpha value is -2.80. The number of hydrazone groups is 1. The molecule has 1 aromatic carbocycles. The molecular formula is C21H26N6O. The third-order valence-corrected chi connectivity index (χ3v) is 5.25. The molecule has 3 heterocycles. The van der Waals surface area contributed by atoms with Crippen molar-refractivity contribution in [2.24, 2.45) is 21.9 Å². The van der Waals surface area contributed by atoms with Gasteiger partial charge in [0.2, 0.25) is 0 Å². The number of benzene rings is 1. The van der Waals surface area contributed by atoms with Crippen LogP contribution in [-0.2, 0) is 11.3 Å². The summed E-state index contributed by atoms with van der Waals surface area (Å²) in [6.07, 6.45) is 5.57. The number of rotatable bonds is 5. The fraction of sp³-hybridized carbons (Fsp3) is 0.429. The van der Waals surface area contributed by atoms with E-state index in [-0.39, 0.29) is 5.92 Å². The van der Waals surface area contributed by atoms with Gasteiger partial charge >= 0.3 is 0 Å². The monoisotopic (exact) mass is 378 g/mol. The normalized spacial score (nSPS) is 16.8. The first-order valence-corrected chi connectivity index (χ1v) is 9.79. The molecule has 0 aliphatic carbocycles. The Morgan fingerprint density at radius 3 is 2.82 bits per heavy atom. The number of aliphatic imine (C=N–C) groups is 1. The van der Waals surface area contributed by atoms with Crippen molar-refractivity contribution in [3.63, 3.8) is 0 Å². The fourth-order valence-corrected chi connectivity index (χ4v) is 3.77. The highest BCUT2D eigenvalue weighted by Gasteiger charge is 2.23. The summed E-state index contributed by atoms with van der Waals surface area (Å²) in [6, 6.07) is 8.58. The minimum atomic E-state index is 0.233. The molecule has 0 amide bonds. The van der Waals surface area contributed by atoms with Crippen LogP contribution in [0.1, 0.15) is 38.6 Å². The lowest BCUT2D eigenvalue weighted by Crippen LogP contribution is -2.21. The van der Waals surface area contributed by atoms with Crippen LogP contribution in [0.4, 0.5) is 0 Å². The van der Waals surface area contributed by atoms with Gasteiger partial charge in [0.1, 0.15) is 11.3 Å². The van der Waals surface area contributed by atoms with Crippen molar-refractivity contribution >= 4 is 33.9 Å². The number of fused-ring (bicyclic) bond motifs is 3. The summed E-state index contributed by atoms with van der Waals surface area (Å²) in [5.74, 6) is 6.65. The van der Waals surface area contributed by atoms with E-state index in [4.69, 9.17) is 15.6 Å². The van der Waals surface area contributed by atoms with Gasteiger partial charge < -0.3 is 15.1 Å². The number of nitrogens with zero attached hydrogens (tertiary/aromatic N) is 5. The summed E-state index contributed by atoms with van der Waals surface area (Å²) < 4.78 is 7.94. The number of imidazole rings is 1. The molecular weight excluding hydrogens is 352 g/mol. The molecule has 1 saturated heterocycles. The molecule has 4 rings (SSSR count). The van der Waals surface area contributed by atoms with Crippen LogP contribution in [-0.4, -0.2) is 39.7 Å². The van der Waals surface area contributed by atoms with Crippen LogP contribution in [0.15, 0.2) is 40.6 Å². The Labute approximate surface area is 164 Å². The molecule has 7 nitrogen and oxygen atoms in total. The van der Waals surface area contributed by atoms with Gasteiger partial charge in [-0.25, -0.2) is 4.98 Å². The second-order valence-corrected chi connectivity index (χ2v) is 7.43. The van der Waals surface area contributed by atoms with Gasteiger partial charge in [-0.3, -0.25) is 9.98 Å². The van der Waals surface area contributed by atoms with E-state index in [1.54, 1.807) is 6.21 Å². The lowest BCUT2D eigenvalue weighted by molar-refractivity contribution is 0.0699. The third kappa shape index (κ3) is 3.49. The van der Waals surface area contributed by atoms with E-state index in [1.165, 1.54) is 0 Å². The highest BCUT2D eigenvalue weighted by molar-refractivity contribution is 6.31. The number of para-hydroxylation sites is 1. The summed E-state index contributed by atoms with van der Waals surface area (Å²) in [4.78, 5) is 14.1. The van der Waals surface area contributed by atoms with E-state index in [9.17, 15) is 0 Å². The molecule has 28 heavy (non-hydrogen) atoms. The van der Waals surface area contributed by atoms with Gasteiger partial charge in [-0.1, -0.05) is 32.0 Å². The molecule has 0 bridgehead atoms. The van der Waals surface area contributed by atoms with Crippen molar-refractivity contribution in [2.45, 2.75) is 39.3 Å². The Balaban J connectivity index is 1.81. The second kappa shape index (κ2) is 8.06. The predicted molar refractivity (Wildman–Crippen MR) is 113 cm³/mol. The Bertz CT molecular complexity index is 1030. The molecule has 1 aliphatic heterocycles. The zero-order valence-electron chi connectivity index (χ0n) is 16.4. The van der Waals surface area contributed by atoms with Gasteiger partial charge in [-0.2, -0.15) is 5.10 Å². The number of pyridine rings is 1. The molecule has 2 aromatic heterocycles. The SMILES string of the molecule is CC(C)C(C=NCc1nc2cnc3ccccc3c2n1C1CCOCC1)=NN. The summed E-state index contributed by atoms with van der Waals surface area (Å²) >= 11 is 0. The van der Waals surface area contributed by atoms with Crippen molar-refractivity contribution < 1.29 is 4.74 Å². The predicted octanol–water partition coefficient (Wildman–Crippen LogP) is 3.48. The molecule has 146 valence electrons. The molecule has 1 fully saturated rings. The number of aromatic nitrogens is 3. The zero-order chi connectivity index (χ0) is 19.5. The van der Waals surface area contributed by atoms with E-state index in [0.717, 1.165) is 59.5 Å². The van der Waals surface area contributed by atoms with Gasteiger partial charge in [-0.15, -0.1) is 0 Å². The minimum Gasteiger partial charge on any atom is -0.381 e. The van der Waals surface area contributed by atoms with Crippen molar-refractivity contribution in [3.8, 4) is 0 Å². The maximum absolute atomic E-state index is 5.59. The van der Waals surface area contributed by atoms with Crippen LogP contribution < -0.4 is 5.84 Å². The molecule has 0 spiro atoms. The molecule has 3 aromatic rings. The molecule has 2 N–H and O–H groups in total. The van der Waals surface area contributed by atoms with Gasteiger partial charge in [0.25, 0.3) is 0 Å². The number of hydrogen-bond acceptors (Lipinski definition) is 6. The van der Waals surface area contributed by atoms with Gasteiger partial charge in [0.15, 0.2) is 0 Å². The molecule has 0 saturated carbocycles. The zero-order valence-corrected chi connectivity index (χ0v) is 16.4. The quantitative estimate of drug-likeness (QED) is 0.418. The van der Waals surface area contributed by atoms with Crippen LogP contribution in [0.2, 0.25) is 0 Å². The maximum Gasteiger partial charge on any atom is 0.131 e. The van der Waals surface area contributed by atoms with E-state index in [2.05, 4.69) is 31.8 Å². The minimum absolute atomic E-state index is 0.233. The fourth-order valence-electron chi connectivity index (χ4n) is 3.77. The van der Waals surface area contributed by atoms with Gasteiger partial charge in [0, 0.05) is 30.9 Å². The summed E-state index contributed by atoms with van der Waals surface area (Å²) in [6.45, 7) is 6.12. The smallest absolute Gasteiger partial charge is 0.131 e. The number of nitrogens with two attached hydrogens (primary N) is 1. The number of ether oxygens (including phenoxy) is 1. The molecule has 0 radical (unpaired) electrons. The maximum atomic E-state index is 5.59. The summed E-state index contributed by atoms with van der Waals surface area (Å²) in [7, 11) is 0. The first kappa shape index (κ1) is 18.6. The average molecular weight is 378 g/mol. The van der Waals surface area contributed by atoms with Crippen molar-refractivity contribution in [1.29, 1.82) is 0 Å². The Kier molecular flexibility index (Phi) is 5.34. The Morgan fingerprint density at radius 1 is 1.29 bits per heavy atom. The van der Waals surface area contributed by atoms with E-state index in [0.29, 0.717) is 12.6 Å². The average Bonchev–Trinajstić information content (AvgIpc) is 3.10. The first-order chi connectivity index (χ1) is 13.7. The van der Waals surface area contributed by atoms with Crippen LogP contribution >= 0.6 is 0 Å². The third-order valence-electron chi connectivity index (χ3n) is 5.25. The first-order valence-electron chi connectivity index (χ1n) is 9.79. The standard InChI is InChI=1S/C21H26N6O/c1-14(2)18(26-22)11-23-13-20-25-19-12-24-17-6-4-3-5-16(17)21(19)27(20)15-7-9-28-10-8-15/h3-6,11-12,14-15H,7-10,13,22H2,1-2H3. The van der Waals surface area contributed by atoms with E-state index in [1.807, 2.05) is 32.2 Å². The van der Waals surface area contributed by atoms with Crippen molar-refractivity contribution in [3.05, 3.63) is 36.3 Å². The second-order valence-electron chi connectivity index (χ2n) is 7.43. The van der Waals surface area contributed by atoms with E-state index < -0.39 is 0 Å². The Morgan fingerprint density at radius 2 is 2.07 bits per heavy atom. The lowest BCUT2D eigenvalue weighted by atomic mass is 10.1. The van der Waals surface area contributed by atoms with E-state index >= 15 is 0 Å². The lowest BCUT2D eigenvalue weighted by Gasteiger charge is -2.26. The summed E-state index contributed by atoms with van der Waals surface area (Å²) in [5, 5.41) is 4.95. The highest BCUT2D eigenvalue weighted by atomic mass is 16.5. The molecule has 0 atom stereocenters. The van der Waals surface area contributed by atoms with Crippen LogP contribution in [0.5, 0.6) is 0 Å². The highest BCUT2D eigenvalue weighted by Crippen LogP contribution is 2.32. The van der Waals surface area contributed by atoms with Gasteiger partial charge in [-0.05, 0) is 24.8 Å². The van der Waals surface area contributed by atoms with Crippen LogP contribution in [0.3, 0.4) is 0 Å². The topological polar surface area (TPSA) is 90.7 Å². The van der Waals surface area contributed by atoms with Gasteiger partial charge in [0.05, 0.1) is 29.5 Å². The molecule has 7 heteroatoms.